The van der Waals surface area contributed by atoms with Gasteiger partial charge in [-0.25, -0.2) is 18.1 Å². The third-order valence-corrected chi connectivity index (χ3v) is 3.96. The van der Waals surface area contributed by atoms with Gasteiger partial charge in [0.25, 0.3) is 10.0 Å². The molecule has 0 amide bonds. The summed E-state index contributed by atoms with van der Waals surface area (Å²) in [6.07, 6.45) is 4.26. The zero-order valence-electron chi connectivity index (χ0n) is 8.30. The zero-order valence-corrected chi connectivity index (χ0v) is 9.12. The molecule has 7 heteroatoms. The lowest BCUT2D eigenvalue weighted by Gasteiger charge is -2.34. The Morgan fingerprint density at radius 1 is 1.60 bits per heavy atom. The average molecular weight is 231 g/mol. The van der Waals surface area contributed by atoms with Gasteiger partial charge < -0.3 is 9.72 Å². The molecule has 6 nitrogen and oxygen atoms in total. The van der Waals surface area contributed by atoms with Crippen LogP contribution in [0.4, 0.5) is 0 Å². The first-order valence-electron chi connectivity index (χ1n) is 4.65. The van der Waals surface area contributed by atoms with Crippen LogP contribution in [0.1, 0.15) is 12.8 Å². The largest absolute Gasteiger partial charge is 0.381 e. The van der Waals surface area contributed by atoms with E-state index >= 15 is 0 Å². The number of H-pyrrole nitrogens is 1. The second-order valence-corrected chi connectivity index (χ2v) is 5.25. The molecule has 0 saturated heterocycles. The first kappa shape index (κ1) is 10.6. The lowest BCUT2D eigenvalue weighted by Crippen LogP contribution is -2.47. The number of nitrogens with one attached hydrogen (secondary N) is 2. The maximum atomic E-state index is 11.7. The van der Waals surface area contributed by atoms with Gasteiger partial charge in [0, 0.05) is 13.2 Å². The molecule has 0 atom stereocenters. The number of hydrogen-bond donors (Lipinski definition) is 2. The van der Waals surface area contributed by atoms with Gasteiger partial charge in [0.1, 0.15) is 0 Å². The molecule has 1 heterocycles. The molecular weight excluding hydrogens is 218 g/mol. The molecule has 0 aromatic carbocycles. The Hall–Kier alpha value is -0.920. The van der Waals surface area contributed by atoms with Crippen molar-refractivity contribution >= 4 is 10.0 Å². The van der Waals surface area contributed by atoms with Crippen molar-refractivity contribution in [2.24, 2.45) is 0 Å². The standard InChI is InChI=1S/C8H13N3O3S/c1-14-7-2-6(3-7)11-15(12,13)8-4-9-5-10-8/h4-7,11H,2-3H2,1H3,(H,9,10). The van der Waals surface area contributed by atoms with E-state index in [1.54, 1.807) is 7.11 Å². The van der Waals surface area contributed by atoms with Gasteiger partial charge in [-0.3, -0.25) is 0 Å². The summed E-state index contributed by atoms with van der Waals surface area (Å²) in [6, 6.07) is -0.0248. The van der Waals surface area contributed by atoms with E-state index in [2.05, 4.69) is 14.7 Å². The second-order valence-electron chi connectivity index (χ2n) is 3.56. The minimum Gasteiger partial charge on any atom is -0.381 e. The SMILES string of the molecule is COC1CC(NS(=O)(=O)c2cnc[nH]2)C1. The van der Waals surface area contributed by atoms with E-state index in [0.717, 1.165) is 12.8 Å². The quantitative estimate of drug-likeness (QED) is 0.755. The number of hydrogen-bond acceptors (Lipinski definition) is 4. The van der Waals surface area contributed by atoms with Gasteiger partial charge in [-0.1, -0.05) is 0 Å². The molecule has 1 aromatic rings. The fraction of sp³-hybridized carbons (Fsp3) is 0.625. The predicted octanol–water partition coefficient (Wildman–Crippen LogP) is -0.135. The molecule has 1 aliphatic rings. The van der Waals surface area contributed by atoms with Crippen LogP contribution in [0.15, 0.2) is 17.6 Å². The molecule has 0 radical (unpaired) electrons. The molecule has 0 bridgehead atoms. The van der Waals surface area contributed by atoms with Crippen LogP contribution in [0, 0.1) is 0 Å². The Bertz CT molecular complexity index is 408. The maximum Gasteiger partial charge on any atom is 0.257 e. The van der Waals surface area contributed by atoms with Gasteiger partial charge in [0.15, 0.2) is 5.03 Å². The van der Waals surface area contributed by atoms with Crippen molar-refractivity contribution < 1.29 is 13.2 Å². The van der Waals surface area contributed by atoms with Crippen molar-refractivity contribution in [3.63, 3.8) is 0 Å². The summed E-state index contributed by atoms with van der Waals surface area (Å²) in [5.74, 6) is 0. The van der Waals surface area contributed by atoms with E-state index in [4.69, 9.17) is 4.74 Å². The summed E-state index contributed by atoms with van der Waals surface area (Å²) in [6.45, 7) is 0. The maximum absolute atomic E-state index is 11.7. The molecule has 84 valence electrons. The third kappa shape index (κ3) is 2.19. The highest BCUT2D eigenvalue weighted by atomic mass is 32.2. The third-order valence-electron chi connectivity index (χ3n) is 2.51. The van der Waals surface area contributed by atoms with E-state index in [1.165, 1.54) is 12.5 Å². The molecule has 0 spiro atoms. The zero-order chi connectivity index (χ0) is 10.9. The van der Waals surface area contributed by atoms with Crippen molar-refractivity contribution in [2.75, 3.05) is 7.11 Å². The molecule has 1 saturated carbocycles. The number of rotatable bonds is 4. The van der Waals surface area contributed by atoms with Gasteiger partial charge in [-0.15, -0.1) is 0 Å². The number of aromatic nitrogens is 2. The Kier molecular flexibility index (Phi) is 2.76. The summed E-state index contributed by atoms with van der Waals surface area (Å²) >= 11 is 0. The Labute approximate surface area is 88.1 Å². The van der Waals surface area contributed by atoms with E-state index in [9.17, 15) is 8.42 Å². The van der Waals surface area contributed by atoms with Crippen LogP contribution in [0.3, 0.4) is 0 Å². The van der Waals surface area contributed by atoms with Crippen molar-refractivity contribution in [3.8, 4) is 0 Å². The first-order chi connectivity index (χ1) is 7.12. The highest BCUT2D eigenvalue weighted by Crippen LogP contribution is 2.23. The summed E-state index contributed by atoms with van der Waals surface area (Å²) in [7, 11) is -1.80. The summed E-state index contributed by atoms with van der Waals surface area (Å²) in [5.41, 5.74) is 0. The topological polar surface area (TPSA) is 84.1 Å². The fourth-order valence-corrected chi connectivity index (χ4v) is 2.69. The lowest BCUT2D eigenvalue weighted by molar-refractivity contribution is 0.0236. The molecule has 2 rings (SSSR count). The van der Waals surface area contributed by atoms with Crippen LogP contribution in [0.2, 0.25) is 0 Å². The Morgan fingerprint density at radius 3 is 2.87 bits per heavy atom. The lowest BCUT2D eigenvalue weighted by atomic mass is 9.90. The molecule has 2 N–H and O–H groups in total. The van der Waals surface area contributed by atoms with Gasteiger partial charge in [-0.05, 0) is 12.8 Å². The molecule has 15 heavy (non-hydrogen) atoms. The van der Waals surface area contributed by atoms with Crippen LogP contribution in [-0.2, 0) is 14.8 Å². The minimum absolute atomic E-state index is 0.0248. The van der Waals surface area contributed by atoms with E-state index in [-0.39, 0.29) is 17.2 Å². The smallest absolute Gasteiger partial charge is 0.257 e. The second kappa shape index (κ2) is 3.92. The van der Waals surface area contributed by atoms with Gasteiger partial charge in [0.2, 0.25) is 0 Å². The highest BCUT2D eigenvalue weighted by Gasteiger charge is 2.32. The van der Waals surface area contributed by atoms with Crippen molar-refractivity contribution in [1.29, 1.82) is 0 Å². The molecule has 0 aliphatic heterocycles. The normalized spacial score (nSPS) is 26.2. The number of sulfonamides is 1. The summed E-state index contributed by atoms with van der Waals surface area (Å²) in [4.78, 5) is 6.23. The Morgan fingerprint density at radius 2 is 2.33 bits per heavy atom. The summed E-state index contributed by atoms with van der Waals surface area (Å²) in [5, 5.41) is 0.100. The number of ether oxygens (including phenoxy) is 1. The summed E-state index contributed by atoms with van der Waals surface area (Å²) < 4.78 is 31.0. The van der Waals surface area contributed by atoms with Gasteiger partial charge in [-0.2, -0.15) is 0 Å². The van der Waals surface area contributed by atoms with Crippen LogP contribution in [0.5, 0.6) is 0 Å². The van der Waals surface area contributed by atoms with Crippen molar-refractivity contribution in [3.05, 3.63) is 12.5 Å². The molecular formula is C8H13N3O3S. The monoisotopic (exact) mass is 231 g/mol. The van der Waals surface area contributed by atoms with E-state index in [0.29, 0.717) is 0 Å². The molecule has 1 aromatic heterocycles. The fourth-order valence-electron chi connectivity index (χ4n) is 1.53. The molecule has 1 aliphatic carbocycles. The number of methoxy groups -OCH3 is 1. The number of aromatic amines is 1. The predicted molar refractivity (Wildman–Crippen MR) is 52.7 cm³/mol. The van der Waals surface area contributed by atoms with Crippen molar-refractivity contribution in [2.45, 2.75) is 30.0 Å². The first-order valence-corrected chi connectivity index (χ1v) is 6.13. The van der Waals surface area contributed by atoms with Crippen LogP contribution in [0.25, 0.3) is 0 Å². The molecule has 0 unspecified atom stereocenters. The van der Waals surface area contributed by atoms with E-state index in [1.807, 2.05) is 0 Å². The minimum atomic E-state index is -3.43. The molecule has 1 fully saturated rings. The highest BCUT2D eigenvalue weighted by molar-refractivity contribution is 7.89. The van der Waals surface area contributed by atoms with Crippen LogP contribution < -0.4 is 4.72 Å². The van der Waals surface area contributed by atoms with Crippen LogP contribution >= 0.6 is 0 Å². The van der Waals surface area contributed by atoms with Gasteiger partial charge >= 0.3 is 0 Å². The van der Waals surface area contributed by atoms with Crippen molar-refractivity contribution in [1.82, 2.24) is 14.7 Å². The Balaban J connectivity index is 1.96. The average Bonchev–Trinajstić information content (AvgIpc) is 2.63. The van der Waals surface area contributed by atoms with Gasteiger partial charge in [0.05, 0.1) is 18.6 Å². The number of imidazole rings is 1. The van der Waals surface area contributed by atoms with E-state index < -0.39 is 10.0 Å². The number of nitrogens with zero attached hydrogens (tertiary/aromatic N) is 1. The van der Waals surface area contributed by atoms with Crippen LogP contribution in [-0.4, -0.2) is 37.6 Å².